The van der Waals surface area contributed by atoms with Crippen molar-refractivity contribution in [3.63, 3.8) is 0 Å². The molecule has 0 fully saturated rings. The van der Waals surface area contributed by atoms with Crippen molar-refractivity contribution in [1.29, 1.82) is 0 Å². The van der Waals surface area contributed by atoms with Gasteiger partial charge in [-0.15, -0.1) is 0 Å². The molecule has 2 aromatic heterocycles. The molecule has 8 nitrogen and oxygen atoms in total. The van der Waals surface area contributed by atoms with Gasteiger partial charge in [0.15, 0.2) is 5.75 Å². The Balaban J connectivity index is 1.79. The standard InChI is InChI=1S/C21H27N5O3/c1-12-8-15(22-3)10-17(24-12)25-20-13(2)18(14-4-5-23-11-16(27)9-14)19-21(26-20)29-7-6-28-19/h4,8,10,16,23,27H,5-7,9,11H2,1-3H3,(H2,22,24,25,26)/t16-/m0/s1. The average Bonchev–Trinajstić information content (AvgIpc) is 2.92. The highest BCUT2D eigenvalue weighted by Gasteiger charge is 2.27. The Labute approximate surface area is 170 Å². The summed E-state index contributed by atoms with van der Waals surface area (Å²) in [7, 11) is 1.88. The molecule has 0 bridgehead atoms. The zero-order chi connectivity index (χ0) is 20.4. The van der Waals surface area contributed by atoms with Gasteiger partial charge < -0.3 is 30.5 Å². The van der Waals surface area contributed by atoms with Crippen molar-refractivity contribution in [2.24, 2.45) is 0 Å². The molecule has 4 rings (SSSR count). The highest BCUT2D eigenvalue weighted by atomic mass is 16.6. The molecule has 29 heavy (non-hydrogen) atoms. The Kier molecular flexibility index (Phi) is 5.55. The van der Waals surface area contributed by atoms with Crippen molar-refractivity contribution < 1.29 is 14.6 Å². The number of fused-ring (bicyclic) bond motifs is 1. The zero-order valence-corrected chi connectivity index (χ0v) is 17.0. The summed E-state index contributed by atoms with van der Waals surface area (Å²) >= 11 is 0. The highest BCUT2D eigenvalue weighted by molar-refractivity contribution is 5.80. The van der Waals surface area contributed by atoms with Gasteiger partial charge in [-0.2, -0.15) is 4.98 Å². The summed E-state index contributed by atoms with van der Waals surface area (Å²) in [5.41, 5.74) is 4.76. The number of nitrogens with one attached hydrogen (secondary N) is 3. The van der Waals surface area contributed by atoms with Crippen LogP contribution < -0.4 is 25.4 Å². The van der Waals surface area contributed by atoms with Crippen molar-refractivity contribution in [1.82, 2.24) is 15.3 Å². The van der Waals surface area contributed by atoms with Gasteiger partial charge in [-0.1, -0.05) is 6.08 Å². The molecule has 2 aliphatic heterocycles. The largest absolute Gasteiger partial charge is 0.484 e. The first-order chi connectivity index (χ1) is 14.0. The van der Waals surface area contributed by atoms with Crippen LogP contribution in [0.3, 0.4) is 0 Å². The fraction of sp³-hybridized carbons (Fsp3) is 0.429. The molecule has 8 heteroatoms. The molecule has 0 radical (unpaired) electrons. The number of aryl methyl sites for hydroxylation is 1. The highest BCUT2D eigenvalue weighted by Crippen LogP contribution is 2.43. The smallest absolute Gasteiger partial charge is 0.259 e. The van der Waals surface area contributed by atoms with E-state index < -0.39 is 6.10 Å². The van der Waals surface area contributed by atoms with Crippen LogP contribution in [0.5, 0.6) is 11.6 Å². The Hall–Kier alpha value is -2.84. The fourth-order valence-corrected chi connectivity index (χ4v) is 3.71. The molecule has 0 amide bonds. The van der Waals surface area contributed by atoms with Gasteiger partial charge in [0, 0.05) is 55.1 Å². The van der Waals surface area contributed by atoms with E-state index in [2.05, 4.69) is 32.0 Å². The second-order valence-electron chi connectivity index (χ2n) is 7.29. The second kappa shape index (κ2) is 8.26. The summed E-state index contributed by atoms with van der Waals surface area (Å²) < 4.78 is 11.7. The quantitative estimate of drug-likeness (QED) is 0.624. The second-order valence-corrected chi connectivity index (χ2v) is 7.29. The maximum absolute atomic E-state index is 10.3. The lowest BCUT2D eigenvalue weighted by Gasteiger charge is -2.25. The Bertz CT molecular complexity index is 944. The number of rotatable bonds is 4. The van der Waals surface area contributed by atoms with E-state index in [9.17, 15) is 5.11 Å². The lowest BCUT2D eigenvalue weighted by atomic mass is 9.95. The molecule has 0 saturated heterocycles. The molecule has 0 aliphatic carbocycles. The normalized spacial score (nSPS) is 18.6. The summed E-state index contributed by atoms with van der Waals surface area (Å²) in [6, 6.07) is 3.91. The molecule has 4 heterocycles. The summed E-state index contributed by atoms with van der Waals surface area (Å²) in [4.78, 5) is 9.24. The van der Waals surface area contributed by atoms with E-state index in [0.29, 0.717) is 56.0 Å². The molecular formula is C21H27N5O3. The predicted octanol–water partition coefficient (Wildman–Crippen LogP) is 2.39. The number of aliphatic hydroxyl groups excluding tert-OH is 1. The number of aromatic nitrogens is 2. The first kappa shape index (κ1) is 19.5. The third kappa shape index (κ3) is 4.13. The van der Waals surface area contributed by atoms with Crippen molar-refractivity contribution >= 4 is 22.9 Å². The van der Waals surface area contributed by atoms with Gasteiger partial charge in [-0.3, -0.25) is 0 Å². The number of hydrogen-bond donors (Lipinski definition) is 4. The molecule has 0 spiro atoms. The van der Waals surface area contributed by atoms with Gasteiger partial charge >= 0.3 is 0 Å². The summed E-state index contributed by atoms with van der Waals surface area (Å²) in [6.07, 6.45) is 2.19. The molecule has 2 aromatic rings. The number of anilines is 3. The first-order valence-corrected chi connectivity index (χ1v) is 9.87. The molecule has 2 aliphatic rings. The summed E-state index contributed by atoms with van der Waals surface area (Å²) in [6.45, 7) is 6.15. The molecule has 0 aromatic carbocycles. The van der Waals surface area contributed by atoms with Crippen molar-refractivity contribution in [2.45, 2.75) is 26.4 Å². The van der Waals surface area contributed by atoms with Gasteiger partial charge in [0.1, 0.15) is 24.8 Å². The summed E-state index contributed by atoms with van der Waals surface area (Å²) in [5, 5.41) is 20.0. The molecule has 154 valence electrons. The van der Waals surface area contributed by atoms with Crippen LogP contribution >= 0.6 is 0 Å². The minimum atomic E-state index is -0.454. The van der Waals surface area contributed by atoms with Crippen LogP contribution in [0, 0.1) is 13.8 Å². The van der Waals surface area contributed by atoms with E-state index in [1.807, 2.05) is 33.0 Å². The maximum atomic E-state index is 10.3. The topological polar surface area (TPSA) is 101 Å². The number of β-amino-alcohol motifs (C(OH)–C–C–N with tert-alkyl or cyclic N) is 1. The maximum Gasteiger partial charge on any atom is 0.259 e. The van der Waals surface area contributed by atoms with Crippen molar-refractivity contribution in [3.8, 4) is 11.6 Å². The van der Waals surface area contributed by atoms with E-state index in [1.165, 1.54) is 0 Å². The Morgan fingerprint density at radius 1 is 1.17 bits per heavy atom. The van der Waals surface area contributed by atoms with Crippen LogP contribution in [0.25, 0.3) is 5.57 Å². The number of pyridine rings is 2. The molecular weight excluding hydrogens is 370 g/mol. The van der Waals surface area contributed by atoms with Crippen molar-refractivity contribution in [2.75, 3.05) is 44.0 Å². The molecule has 0 saturated carbocycles. The van der Waals surface area contributed by atoms with Gasteiger partial charge in [0.2, 0.25) is 0 Å². The third-order valence-electron chi connectivity index (χ3n) is 5.07. The summed E-state index contributed by atoms with van der Waals surface area (Å²) in [5.74, 6) is 2.47. The van der Waals surface area contributed by atoms with Gasteiger partial charge in [0.05, 0.1) is 6.10 Å². The van der Waals surface area contributed by atoms with Crippen LogP contribution in [-0.2, 0) is 0 Å². The van der Waals surface area contributed by atoms with Crippen LogP contribution in [-0.4, -0.2) is 54.5 Å². The van der Waals surface area contributed by atoms with Crippen LogP contribution in [0.2, 0.25) is 0 Å². The van der Waals surface area contributed by atoms with Gasteiger partial charge in [0.25, 0.3) is 5.88 Å². The number of ether oxygens (including phenoxy) is 2. The monoisotopic (exact) mass is 397 g/mol. The van der Waals surface area contributed by atoms with Gasteiger partial charge in [-0.05, 0) is 25.5 Å². The number of aliphatic hydroxyl groups is 1. The first-order valence-electron chi connectivity index (χ1n) is 9.87. The lowest BCUT2D eigenvalue weighted by Crippen LogP contribution is -2.24. The molecule has 4 N–H and O–H groups in total. The van der Waals surface area contributed by atoms with Crippen LogP contribution in [0.15, 0.2) is 18.2 Å². The molecule has 0 unspecified atom stereocenters. The minimum absolute atomic E-state index is 0.454. The van der Waals surface area contributed by atoms with E-state index >= 15 is 0 Å². The van der Waals surface area contributed by atoms with Crippen LogP contribution in [0.4, 0.5) is 17.3 Å². The Morgan fingerprint density at radius 3 is 2.83 bits per heavy atom. The van der Waals surface area contributed by atoms with E-state index in [0.717, 1.165) is 28.1 Å². The Morgan fingerprint density at radius 2 is 2.00 bits per heavy atom. The van der Waals surface area contributed by atoms with Gasteiger partial charge in [-0.25, -0.2) is 4.98 Å². The number of nitrogens with zero attached hydrogens (tertiary/aromatic N) is 2. The third-order valence-corrected chi connectivity index (χ3v) is 5.07. The van der Waals surface area contributed by atoms with E-state index in [4.69, 9.17) is 9.47 Å². The average molecular weight is 397 g/mol. The fourth-order valence-electron chi connectivity index (χ4n) is 3.71. The molecule has 1 atom stereocenters. The van der Waals surface area contributed by atoms with Crippen molar-refractivity contribution in [3.05, 3.63) is 35.0 Å². The predicted molar refractivity (Wildman–Crippen MR) is 113 cm³/mol. The van der Waals surface area contributed by atoms with E-state index in [-0.39, 0.29) is 0 Å². The van der Waals surface area contributed by atoms with Crippen LogP contribution in [0.1, 0.15) is 23.2 Å². The SMILES string of the molecule is CNc1cc(C)nc(Nc2nc3c(c(C4=CCNC[C@@H](O)C4)c2C)OCCO3)c1. The van der Waals surface area contributed by atoms with E-state index in [1.54, 1.807) is 0 Å². The minimum Gasteiger partial charge on any atom is -0.484 e. The zero-order valence-electron chi connectivity index (χ0n) is 17.0. The number of hydrogen-bond acceptors (Lipinski definition) is 8. The lowest BCUT2D eigenvalue weighted by molar-refractivity contribution is 0.163.